The highest BCUT2D eigenvalue weighted by Gasteiger charge is 2.14. The van der Waals surface area contributed by atoms with Gasteiger partial charge in [0.2, 0.25) is 0 Å². The first-order valence-electron chi connectivity index (χ1n) is 9.28. The van der Waals surface area contributed by atoms with E-state index in [1.807, 2.05) is 54.6 Å². The normalized spacial score (nSPS) is 10.8. The predicted molar refractivity (Wildman–Crippen MR) is 107 cm³/mol. The van der Waals surface area contributed by atoms with Crippen molar-refractivity contribution in [1.82, 2.24) is 15.8 Å². The largest absolute Gasteiger partial charge is 0.451 e. The van der Waals surface area contributed by atoms with Crippen molar-refractivity contribution in [2.45, 2.75) is 6.42 Å². The highest BCUT2D eigenvalue weighted by atomic mass is 16.5. The van der Waals surface area contributed by atoms with Crippen molar-refractivity contribution in [3.05, 3.63) is 78.2 Å². The van der Waals surface area contributed by atoms with Crippen LogP contribution in [0.2, 0.25) is 0 Å². The lowest BCUT2D eigenvalue weighted by atomic mass is 10.1. The van der Waals surface area contributed by atoms with Crippen molar-refractivity contribution in [2.24, 2.45) is 0 Å². The van der Waals surface area contributed by atoms with E-state index >= 15 is 0 Å². The molecule has 2 heterocycles. The lowest BCUT2D eigenvalue weighted by Crippen LogP contribution is -2.29. The summed E-state index contributed by atoms with van der Waals surface area (Å²) in [5.41, 5.74) is 1.75. The summed E-state index contributed by atoms with van der Waals surface area (Å²) >= 11 is 0. The van der Waals surface area contributed by atoms with Gasteiger partial charge in [0.05, 0.1) is 0 Å². The Morgan fingerprint density at radius 2 is 1.59 bits per heavy atom. The summed E-state index contributed by atoms with van der Waals surface area (Å²) in [7, 11) is 0. The first-order valence-corrected chi connectivity index (χ1v) is 9.28. The van der Waals surface area contributed by atoms with Crippen LogP contribution in [-0.2, 0) is 0 Å². The minimum atomic E-state index is -0.320. The molecule has 0 unspecified atom stereocenters. The van der Waals surface area contributed by atoms with Crippen LogP contribution in [0, 0.1) is 0 Å². The van der Waals surface area contributed by atoms with Crippen LogP contribution in [0.15, 0.2) is 75.7 Å². The van der Waals surface area contributed by atoms with Crippen molar-refractivity contribution < 1.29 is 18.5 Å². The number of hydrogen-bond acceptors (Lipinski definition) is 5. The minimum Gasteiger partial charge on any atom is -0.451 e. The van der Waals surface area contributed by atoms with Gasteiger partial charge in [-0.2, -0.15) is 0 Å². The maximum absolute atomic E-state index is 12.2. The molecular weight excluding hydrogens is 370 g/mol. The Bertz CT molecular complexity index is 1100. The number of aromatic nitrogens is 1. The van der Waals surface area contributed by atoms with Crippen LogP contribution in [0.3, 0.4) is 0 Å². The molecule has 4 rings (SSSR count). The molecule has 2 amide bonds. The molecule has 0 bridgehead atoms. The number of carbonyl (C=O) groups is 2. The molecule has 0 saturated carbocycles. The van der Waals surface area contributed by atoms with Gasteiger partial charge in [-0.25, -0.2) is 0 Å². The first-order chi connectivity index (χ1) is 14.2. The molecule has 0 aliphatic heterocycles. The van der Waals surface area contributed by atoms with Crippen molar-refractivity contribution >= 4 is 22.8 Å². The number of hydrogen-bond donors (Lipinski definition) is 2. The van der Waals surface area contributed by atoms with E-state index in [9.17, 15) is 9.59 Å². The summed E-state index contributed by atoms with van der Waals surface area (Å²) in [6.07, 6.45) is 0.571. The molecule has 2 aromatic heterocycles. The van der Waals surface area contributed by atoms with E-state index in [4.69, 9.17) is 8.94 Å². The SMILES string of the molecule is O=C(NCCCNC(=O)c1cc2ccccc2o1)c1cc(-c2ccccc2)on1. The molecule has 0 fully saturated rings. The van der Waals surface area contributed by atoms with E-state index < -0.39 is 0 Å². The van der Waals surface area contributed by atoms with E-state index in [-0.39, 0.29) is 23.3 Å². The van der Waals surface area contributed by atoms with Gasteiger partial charge in [0.1, 0.15) is 5.58 Å². The Morgan fingerprint density at radius 3 is 2.38 bits per heavy atom. The number of para-hydroxylation sites is 1. The third-order valence-electron chi connectivity index (χ3n) is 4.38. The highest BCUT2D eigenvalue weighted by Crippen LogP contribution is 2.20. The Hall–Kier alpha value is -3.87. The molecule has 2 N–H and O–H groups in total. The summed E-state index contributed by atoms with van der Waals surface area (Å²) in [6.45, 7) is 0.803. The van der Waals surface area contributed by atoms with E-state index in [2.05, 4.69) is 15.8 Å². The number of furan rings is 1. The van der Waals surface area contributed by atoms with Crippen LogP contribution >= 0.6 is 0 Å². The summed E-state index contributed by atoms with van der Waals surface area (Å²) in [5, 5.41) is 10.2. The molecule has 2 aromatic carbocycles. The number of amides is 2. The third kappa shape index (κ3) is 4.35. The van der Waals surface area contributed by atoms with Gasteiger partial charge in [-0.3, -0.25) is 9.59 Å². The number of nitrogens with zero attached hydrogens (tertiary/aromatic N) is 1. The molecule has 0 spiro atoms. The van der Waals surface area contributed by atoms with Gasteiger partial charge >= 0.3 is 0 Å². The van der Waals surface area contributed by atoms with Crippen LogP contribution in [0.25, 0.3) is 22.3 Å². The zero-order valence-electron chi connectivity index (χ0n) is 15.6. The number of fused-ring (bicyclic) bond motifs is 1. The maximum atomic E-state index is 12.2. The molecule has 0 saturated heterocycles. The van der Waals surface area contributed by atoms with Crippen molar-refractivity contribution in [2.75, 3.05) is 13.1 Å². The fourth-order valence-electron chi connectivity index (χ4n) is 2.88. The lowest BCUT2D eigenvalue weighted by molar-refractivity contribution is 0.0927. The zero-order valence-corrected chi connectivity index (χ0v) is 15.6. The monoisotopic (exact) mass is 389 g/mol. The number of rotatable bonds is 7. The van der Waals surface area contributed by atoms with Crippen LogP contribution in [0.4, 0.5) is 0 Å². The standard InChI is InChI=1S/C22H19N3O4/c26-21(17-14-19(29-25-17)15-7-2-1-3-8-15)23-11-6-12-24-22(27)20-13-16-9-4-5-10-18(16)28-20/h1-5,7-10,13-14H,6,11-12H2,(H,23,26)(H,24,27). The second-order valence-corrected chi connectivity index (χ2v) is 6.46. The van der Waals surface area contributed by atoms with Crippen molar-refractivity contribution in [3.8, 4) is 11.3 Å². The highest BCUT2D eigenvalue weighted by molar-refractivity contribution is 5.96. The average Bonchev–Trinajstić information content (AvgIpc) is 3.41. The van der Waals surface area contributed by atoms with Crippen LogP contribution in [-0.4, -0.2) is 30.1 Å². The molecule has 0 aliphatic carbocycles. The van der Waals surface area contributed by atoms with Gasteiger partial charge in [0.25, 0.3) is 11.8 Å². The Balaban J connectivity index is 1.22. The topological polar surface area (TPSA) is 97.4 Å². The number of benzene rings is 2. The number of nitrogens with one attached hydrogen (secondary N) is 2. The van der Waals surface area contributed by atoms with Crippen LogP contribution in [0.5, 0.6) is 0 Å². The Labute approximate surface area is 166 Å². The second kappa shape index (κ2) is 8.43. The second-order valence-electron chi connectivity index (χ2n) is 6.46. The molecule has 7 heteroatoms. The molecule has 4 aromatic rings. The van der Waals surface area contributed by atoms with E-state index in [1.165, 1.54) is 0 Å². The van der Waals surface area contributed by atoms with Gasteiger partial charge in [0, 0.05) is 30.1 Å². The number of carbonyl (C=O) groups excluding carboxylic acids is 2. The third-order valence-corrected chi connectivity index (χ3v) is 4.38. The van der Waals surface area contributed by atoms with Gasteiger partial charge in [-0.1, -0.05) is 53.7 Å². The molecule has 0 radical (unpaired) electrons. The molecule has 0 aliphatic rings. The van der Waals surface area contributed by atoms with Crippen LogP contribution in [0.1, 0.15) is 27.5 Å². The fourth-order valence-corrected chi connectivity index (χ4v) is 2.88. The predicted octanol–water partition coefficient (Wildman–Crippen LogP) is 3.64. The zero-order chi connectivity index (χ0) is 20.1. The fraction of sp³-hybridized carbons (Fsp3) is 0.136. The van der Waals surface area contributed by atoms with E-state index in [0.717, 1.165) is 10.9 Å². The van der Waals surface area contributed by atoms with Crippen molar-refractivity contribution in [3.63, 3.8) is 0 Å². The van der Waals surface area contributed by atoms with Crippen molar-refractivity contribution in [1.29, 1.82) is 0 Å². The summed E-state index contributed by atoms with van der Waals surface area (Å²) in [4.78, 5) is 24.3. The quantitative estimate of drug-likeness (QED) is 0.470. The van der Waals surface area contributed by atoms with E-state index in [1.54, 1.807) is 12.1 Å². The minimum absolute atomic E-state index is 0.218. The average molecular weight is 389 g/mol. The Morgan fingerprint density at radius 1 is 0.862 bits per heavy atom. The Kier molecular flexibility index (Phi) is 5.38. The van der Waals surface area contributed by atoms with E-state index in [0.29, 0.717) is 30.9 Å². The summed E-state index contributed by atoms with van der Waals surface area (Å²) in [6, 6.07) is 20.2. The van der Waals surface area contributed by atoms with Gasteiger partial charge in [0.15, 0.2) is 17.2 Å². The molecule has 29 heavy (non-hydrogen) atoms. The smallest absolute Gasteiger partial charge is 0.287 e. The molecular formula is C22H19N3O4. The summed E-state index contributed by atoms with van der Waals surface area (Å²) in [5.74, 6) is 0.205. The summed E-state index contributed by atoms with van der Waals surface area (Å²) < 4.78 is 10.7. The van der Waals surface area contributed by atoms with Gasteiger partial charge in [-0.05, 0) is 18.6 Å². The van der Waals surface area contributed by atoms with Gasteiger partial charge < -0.3 is 19.6 Å². The molecule has 0 atom stereocenters. The lowest BCUT2D eigenvalue weighted by Gasteiger charge is -2.04. The molecule has 7 nitrogen and oxygen atoms in total. The molecule has 146 valence electrons. The maximum Gasteiger partial charge on any atom is 0.287 e. The first kappa shape index (κ1) is 18.5. The van der Waals surface area contributed by atoms with Crippen LogP contribution < -0.4 is 10.6 Å². The van der Waals surface area contributed by atoms with Gasteiger partial charge in [-0.15, -0.1) is 0 Å².